The van der Waals surface area contributed by atoms with Gasteiger partial charge in [0.2, 0.25) is 0 Å². The number of halogens is 1. The van der Waals surface area contributed by atoms with Gasteiger partial charge in [-0.3, -0.25) is 9.69 Å². The van der Waals surface area contributed by atoms with Crippen molar-refractivity contribution >= 4 is 38.5 Å². The zero-order chi connectivity index (χ0) is 28.6. The van der Waals surface area contributed by atoms with E-state index in [4.69, 9.17) is 9.84 Å². The first-order valence-electron chi connectivity index (χ1n) is 13.8. The minimum atomic E-state index is -4.02. The minimum absolute atomic E-state index is 0.0246. The van der Waals surface area contributed by atoms with Gasteiger partial charge in [-0.05, 0) is 37.0 Å². The van der Waals surface area contributed by atoms with Gasteiger partial charge in [0.15, 0.2) is 5.65 Å². The fourth-order valence-electron chi connectivity index (χ4n) is 5.49. The normalized spacial score (nSPS) is 21.4. The molecule has 2 aromatic rings. The number of pyridine rings is 1. The first-order chi connectivity index (χ1) is 19.0. The molecule has 1 aliphatic carbocycles. The van der Waals surface area contributed by atoms with E-state index in [1.165, 1.54) is 20.2 Å². The summed E-state index contributed by atoms with van der Waals surface area (Å²) in [4.78, 5) is 22.6. The molecule has 0 aromatic carbocycles. The number of carbonyl (C=O) groups excluding carboxylic acids is 1. The Morgan fingerprint density at radius 2 is 1.88 bits per heavy atom. The maximum Gasteiger partial charge on any atom is 0.303 e. The Labute approximate surface area is 234 Å². The van der Waals surface area contributed by atoms with Gasteiger partial charge in [-0.25, -0.2) is 18.8 Å². The summed E-state index contributed by atoms with van der Waals surface area (Å²) in [5.41, 5.74) is 2.70. The molecule has 40 heavy (non-hydrogen) atoms. The van der Waals surface area contributed by atoms with Gasteiger partial charge >= 0.3 is 10.2 Å². The molecule has 1 unspecified atom stereocenters. The van der Waals surface area contributed by atoms with Crippen molar-refractivity contribution in [2.75, 3.05) is 58.4 Å². The van der Waals surface area contributed by atoms with Crippen LogP contribution in [0.15, 0.2) is 24.3 Å². The Morgan fingerprint density at radius 1 is 1.18 bits per heavy atom. The molecule has 4 heterocycles. The third kappa shape index (κ3) is 5.78. The van der Waals surface area contributed by atoms with Crippen LogP contribution in [-0.4, -0.2) is 104 Å². The lowest BCUT2D eigenvalue weighted by atomic mass is 10.00. The molecule has 2 aromatic heterocycles. The van der Waals surface area contributed by atoms with Crippen molar-refractivity contribution in [1.82, 2.24) is 28.7 Å². The highest BCUT2D eigenvalue weighted by Crippen LogP contribution is 2.37. The largest absolute Gasteiger partial charge is 0.379 e. The summed E-state index contributed by atoms with van der Waals surface area (Å²) in [5, 5.41) is 5.71. The number of anilines is 1. The average Bonchev–Trinajstić information content (AvgIpc) is 3.33. The highest BCUT2D eigenvalue weighted by Gasteiger charge is 2.31. The standard InChI is InChI=1S/C27H38FN7O4S/c1-18(2)25-24-23(34-11-9-20(10-12-34)33-13-15-39-16-14-33)17-22(27(36)31-40(37,38)32(3)4)29-26(24)35(30-25)21-7-5-19(28)6-8-21/h5,7-8,17-20H,6,9-16H2,1-4H3,(H,31,36). The van der Waals surface area contributed by atoms with Crippen molar-refractivity contribution in [2.24, 2.45) is 0 Å². The Bertz CT molecular complexity index is 1420. The second-order valence-corrected chi connectivity index (χ2v) is 12.9. The molecule has 0 radical (unpaired) electrons. The van der Waals surface area contributed by atoms with Crippen LogP contribution in [0.4, 0.5) is 10.1 Å². The van der Waals surface area contributed by atoms with Gasteiger partial charge in [-0.15, -0.1) is 0 Å². The van der Waals surface area contributed by atoms with Crippen LogP contribution in [0.1, 0.15) is 55.2 Å². The SMILES string of the molecule is CC(C)c1nn(C2=CCC(F)C=C2)c2nc(C(=O)NS(=O)(=O)N(C)C)cc(N3CCC(N4CCOCC4)CC3)c12. The number of hydrogen-bond acceptors (Lipinski definition) is 8. The van der Waals surface area contributed by atoms with Gasteiger partial charge in [0, 0.05) is 52.7 Å². The van der Waals surface area contributed by atoms with Gasteiger partial charge in [-0.1, -0.05) is 19.9 Å². The van der Waals surface area contributed by atoms with Crippen LogP contribution < -0.4 is 9.62 Å². The maximum atomic E-state index is 13.9. The molecule has 0 saturated carbocycles. The summed E-state index contributed by atoms with van der Waals surface area (Å²) in [5.74, 6) is -0.776. The Kier molecular flexibility index (Phi) is 8.27. The molecule has 218 valence electrons. The number of piperidine rings is 1. The van der Waals surface area contributed by atoms with Crippen molar-refractivity contribution < 1.29 is 22.3 Å². The van der Waals surface area contributed by atoms with E-state index >= 15 is 0 Å². The van der Waals surface area contributed by atoms with E-state index < -0.39 is 22.3 Å². The fourth-order valence-corrected chi connectivity index (χ4v) is 6.01. The topological polar surface area (TPSA) is 113 Å². The molecule has 2 aliphatic heterocycles. The quantitative estimate of drug-likeness (QED) is 0.536. The van der Waals surface area contributed by atoms with Gasteiger partial charge in [0.25, 0.3) is 5.91 Å². The maximum absolute atomic E-state index is 13.9. The second-order valence-electron chi connectivity index (χ2n) is 11.0. The van der Waals surface area contributed by atoms with Crippen LogP contribution in [-0.2, 0) is 14.9 Å². The number of aromatic nitrogens is 3. The highest BCUT2D eigenvalue weighted by molar-refractivity contribution is 7.87. The number of ether oxygens (including phenoxy) is 1. The van der Waals surface area contributed by atoms with Crippen molar-refractivity contribution in [3.63, 3.8) is 0 Å². The Balaban J connectivity index is 1.58. The smallest absolute Gasteiger partial charge is 0.303 e. The van der Waals surface area contributed by atoms with Crippen LogP contribution in [0.3, 0.4) is 0 Å². The van der Waals surface area contributed by atoms with Crippen LogP contribution >= 0.6 is 0 Å². The molecule has 5 rings (SSSR count). The number of morpholine rings is 1. The summed E-state index contributed by atoms with van der Waals surface area (Å²) in [6.07, 6.45) is 5.98. The third-order valence-electron chi connectivity index (χ3n) is 7.77. The van der Waals surface area contributed by atoms with Crippen molar-refractivity contribution in [1.29, 1.82) is 0 Å². The predicted octanol–water partition coefficient (Wildman–Crippen LogP) is 2.53. The summed E-state index contributed by atoms with van der Waals surface area (Å²) in [7, 11) is -1.33. The van der Waals surface area contributed by atoms with Crippen molar-refractivity contribution in [3.05, 3.63) is 35.7 Å². The molecular weight excluding hydrogens is 537 g/mol. The summed E-state index contributed by atoms with van der Waals surface area (Å²) in [6, 6.07) is 2.14. The van der Waals surface area contributed by atoms with E-state index in [2.05, 4.69) is 19.5 Å². The molecule has 13 heteroatoms. The number of nitrogens with zero attached hydrogens (tertiary/aromatic N) is 6. The number of amides is 1. The van der Waals surface area contributed by atoms with Crippen molar-refractivity contribution in [2.45, 2.75) is 51.2 Å². The zero-order valence-corrected chi connectivity index (χ0v) is 24.3. The van der Waals surface area contributed by atoms with Gasteiger partial charge in [-0.2, -0.15) is 17.8 Å². The average molecular weight is 576 g/mol. The molecule has 1 atom stereocenters. The first-order valence-corrected chi connectivity index (χ1v) is 15.3. The van der Waals surface area contributed by atoms with Crippen molar-refractivity contribution in [3.8, 4) is 0 Å². The van der Waals surface area contributed by atoms with Crippen LogP contribution in [0.5, 0.6) is 0 Å². The Morgan fingerprint density at radius 3 is 2.48 bits per heavy atom. The summed E-state index contributed by atoms with van der Waals surface area (Å²) in [6.45, 7) is 9.01. The molecule has 1 N–H and O–H groups in total. The van der Waals surface area contributed by atoms with E-state index in [0.717, 1.165) is 73.3 Å². The number of allylic oxidation sites excluding steroid dienone is 4. The van der Waals surface area contributed by atoms with E-state index in [1.807, 2.05) is 13.8 Å². The number of alkyl halides is 1. The lowest BCUT2D eigenvalue weighted by Gasteiger charge is -2.41. The Hall–Kier alpha value is -2.87. The monoisotopic (exact) mass is 575 g/mol. The van der Waals surface area contributed by atoms with Gasteiger partial charge in [0.05, 0.1) is 35.7 Å². The fraction of sp³-hybridized carbons (Fsp3) is 0.593. The van der Waals surface area contributed by atoms with Crippen LogP contribution in [0.25, 0.3) is 16.7 Å². The highest BCUT2D eigenvalue weighted by atomic mass is 32.2. The number of carbonyl (C=O) groups is 1. The molecule has 0 bridgehead atoms. The number of hydrogen-bond donors (Lipinski definition) is 1. The lowest BCUT2D eigenvalue weighted by molar-refractivity contribution is 0.0115. The second kappa shape index (κ2) is 11.6. The summed E-state index contributed by atoms with van der Waals surface area (Å²) < 4.78 is 49.0. The molecule has 0 spiro atoms. The number of fused-ring (bicyclic) bond motifs is 1. The van der Waals surface area contributed by atoms with Crippen LogP contribution in [0, 0.1) is 0 Å². The predicted molar refractivity (Wildman–Crippen MR) is 152 cm³/mol. The lowest BCUT2D eigenvalue weighted by Crippen LogP contribution is -2.49. The van der Waals surface area contributed by atoms with E-state index in [1.54, 1.807) is 22.9 Å². The number of rotatable bonds is 7. The van der Waals surface area contributed by atoms with Crippen LogP contribution in [0.2, 0.25) is 0 Å². The van der Waals surface area contributed by atoms with Gasteiger partial charge < -0.3 is 9.64 Å². The van der Waals surface area contributed by atoms with E-state index in [-0.39, 0.29) is 18.0 Å². The molecule has 3 aliphatic rings. The van der Waals surface area contributed by atoms with E-state index in [0.29, 0.717) is 17.4 Å². The van der Waals surface area contributed by atoms with Gasteiger partial charge in [0.1, 0.15) is 11.9 Å². The molecule has 2 saturated heterocycles. The third-order valence-corrected chi connectivity index (χ3v) is 9.17. The molecule has 2 fully saturated rings. The molecular formula is C27H38FN7O4S. The summed E-state index contributed by atoms with van der Waals surface area (Å²) >= 11 is 0. The van der Waals surface area contributed by atoms with E-state index in [9.17, 15) is 17.6 Å². The minimum Gasteiger partial charge on any atom is -0.379 e. The molecule has 11 nitrogen and oxygen atoms in total. The first kappa shape index (κ1) is 28.7. The zero-order valence-electron chi connectivity index (χ0n) is 23.5. The molecule has 1 amide bonds. The number of nitrogens with one attached hydrogen (secondary N) is 1.